The largest absolute Gasteiger partial charge is 0.234 e. The van der Waals surface area contributed by atoms with Crippen LogP contribution in [0.15, 0.2) is 18.2 Å². The Labute approximate surface area is 99.6 Å². The van der Waals surface area contributed by atoms with E-state index in [9.17, 15) is 0 Å². The van der Waals surface area contributed by atoms with Crippen molar-refractivity contribution in [3.63, 3.8) is 0 Å². The first-order chi connectivity index (χ1) is 6.68. The van der Waals surface area contributed by atoms with Gasteiger partial charge in [-0.15, -0.1) is 0 Å². The molecule has 2 aromatic rings. The van der Waals surface area contributed by atoms with E-state index in [2.05, 4.69) is 9.36 Å². The van der Waals surface area contributed by atoms with Gasteiger partial charge in [-0.2, -0.15) is 4.37 Å². The Bertz CT molecular complexity index is 469. The van der Waals surface area contributed by atoms with Gasteiger partial charge in [0.15, 0.2) is 0 Å². The zero-order chi connectivity index (χ0) is 10.1. The highest BCUT2D eigenvalue weighted by Crippen LogP contribution is 2.34. The van der Waals surface area contributed by atoms with Gasteiger partial charge >= 0.3 is 0 Å². The topological polar surface area (TPSA) is 25.8 Å². The van der Waals surface area contributed by atoms with Gasteiger partial charge in [-0.25, -0.2) is 4.98 Å². The maximum absolute atomic E-state index is 6.00. The minimum atomic E-state index is 0.223. The minimum Gasteiger partial charge on any atom is -0.204 e. The highest BCUT2D eigenvalue weighted by atomic mass is 35.5. The summed E-state index contributed by atoms with van der Waals surface area (Å²) in [4.78, 5) is 4.01. The van der Waals surface area contributed by atoms with E-state index in [0.717, 1.165) is 5.56 Å². The lowest BCUT2D eigenvalue weighted by Crippen LogP contribution is -1.78. The Morgan fingerprint density at radius 3 is 2.57 bits per heavy atom. The molecule has 0 aliphatic carbocycles. The summed E-state index contributed by atoms with van der Waals surface area (Å²) in [5, 5.41) is 1.86. The van der Waals surface area contributed by atoms with Crippen LogP contribution in [-0.2, 0) is 0 Å². The van der Waals surface area contributed by atoms with Gasteiger partial charge in [0.05, 0.1) is 10.0 Å². The van der Waals surface area contributed by atoms with E-state index in [1.807, 2.05) is 6.07 Å². The Morgan fingerprint density at radius 2 is 1.93 bits per heavy atom. The Morgan fingerprint density at radius 1 is 1.14 bits per heavy atom. The summed E-state index contributed by atoms with van der Waals surface area (Å²) in [7, 11) is 0. The van der Waals surface area contributed by atoms with Gasteiger partial charge in [0.25, 0.3) is 0 Å². The summed E-state index contributed by atoms with van der Waals surface area (Å²) in [6.45, 7) is 0. The minimum absolute atomic E-state index is 0.223. The Balaban J connectivity index is 2.57. The molecule has 0 saturated carbocycles. The number of halogens is 3. The van der Waals surface area contributed by atoms with Crippen molar-refractivity contribution in [2.45, 2.75) is 0 Å². The van der Waals surface area contributed by atoms with Crippen molar-refractivity contribution in [1.82, 2.24) is 9.36 Å². The lowest BCUT2D eigenvalue weighted by atomic mass is 10.2. The van der Waals surface area contributed by atoms with Crippen LogP contribution in [-0.4, -0.2) is 9.36 Å². The first-order valence-corrected chi connectivity index (χ1v) is 5.53. The standard InChI is InChI=1S/C8H3Cl3N2S/c9-5-3-1-2-4(6(5)10)7-12-8(11)13-14-7/h1-3H. The van der Waals surface area contributed by atoms with Crippen molar-refractivity contribution in [3.8, 4) is 10.6 Å². The molecule has 0 bridgehead atoms. The van der Waals surface area contributed by atoms with Crippen LogP contribution < -0.4 is 0 Å². The average molecular weight is 266 g/mol. The molecule has 0 fully saturated rings. The van der Waals surface area contributed by atoms with Crippen LogP contribution >= 0.6 is 46.3 Å². The van der Waals surface area contributed by atoms with Crippen molar-refractivity contribution in [3.05, 3.63) is 33.5 Å². The van der Waals surface area contributed by atoms with Crippen LogP contribution in [0.1, 0.15) is 0 Å². The van der Waals surface area contributed by atoms with Gasteiger partial charge in [0.2, 0.25) is 5.28 Å². The predicted molar refractivity (Wildman–Crippen MR) is 60.4 cm³/mol. The fourth-order valence-electron chi connectivity index (χ4n) is 0.984. The molecule has 1 aromatic heterocycles. The molecule has 14 heavy (non-hydrogen) atoms. The molecule has 0 atom stereocenters. The SMILES string of the molecule is Clc1nsc(-c2cccc(Cl)c2Cl)n1. The van der Waals surface area contributed by atoms with E-state index in [-0.39, 0.29) is 5.28 Å². The summed E-state index contributed by atoms with van der Waals surface area (Å²) in [6, 6.07) is 5.35. The summed E-state index contributed by atoms with van der Waals surface area (Å²) < 4.78 is 3.86. The third kappa shape index (κ3) is 1.86. The molecule has 6 heteroatoms. The lowest BCUT2D eigenvalue weighted by molar-refractivity contribution is 1.33. The second kappa shape index (κ2) is 4.03. The zero-order valence-corrected chi connectivity index (χ0v) is 9.75. The predicted octanol–water partition coefficient (Wildman–Crippen LogP) is 4.17. The second-order valence-electron chi connectivity index (χ2n) is 2.47. The quantitative estimate of drug-likeness (QED) is 0.773. The Hall–Kier alpha value is -0.350. The van der Waals surface area contributed by atoms with E-state index in [4.69, 9.17) is 34.8 Å². The lowest BCUT2D eigenvalue weighted by Gasteiger charge is -2.00. The first-order valence-electron chi connectivity index (χ1n) is 3.62. The van der Waals surface area contributed by atoms with Gasteiger partial charge in [-0.3, -0.25) is 0 Å². The number of hydrogen-bond acceptors (Lipinski definition) is 3. The van der Waals surface area contributed by atoms with E-state index in [0.29, 0.717) is 15.1 Å². The molecule has 0 aliphatic heterocycles. The van der Waals surface area contributed by atoms with Crippen molar-refractivity contribution < 1.29 is 0 Å². The van der Waals surface area contributed by atoms with Gasteiger partial charge in [0.1, 0.15) is 5.01 Å². The summed E-state index contributed by atoms with van der Waals surface area (Å²) in [5.74, 6) is 0. The molecule has 0 amide bonds. The van der Waals surface area contributed by atoms with Crippen molar-refractivity contribution in [2.75, 3.05) is 0 Å². The summed E-state index contributed by atoms with van der Waals surface area (Å²) in [6.07, 6.45) is 0. The summed E-state index contributed by atoms with van der Waals surface area (Å²) in [5.41, 5.74) is 0.753. The van der Waals surface area contributed by atoms with Gasteiger partial charge < -0.3 is 0 Å². The van der Waals surface area contributed by atoms with Crippen molar-refractivity contribution in [2.24, 2.45) is 0 Å². The third-order valence-electron chi connectivity index (χ3n) is 1.58. The van der Waals surface area contributed by atoms with Gasteiger partial charge in [-0.05, 0) is 29.2 Å². The molecule has 0 unspecified atom stereocenters. The number of nitrogens with zero attached hydrogens (tertiary/aromatic N) is 2. The van der Waals surface area contributed by atoms with E-state index in [1.165, 1.54) is 11.5 Å². The van der Waals surface area contributed by atoms with E-state index < -0.39 is 0 Å². The fraction of sp³-hybridized carbons (Fsp3) is 0. The van der Waals surface area contributed by atoms with Crippen LogP contribution in [0.2, 0.25) is 15.3 Å². The normalized spacial score (nSPS) is 10.5. The van der Waals surface area contributed by atoms with E-state index in [1.54, 1.807) is 12.1 Å². The molecule has 0 radical (unpaired) electrons. The van der Waals surface area contributed by atoms with Gasteiger partial charge in [0, 0.05) is 5.56 Å². The molecule has 2 nitrogen and oxygen atoms in total. The smallest absolute Gasteiger partial charge is 0.204 e. The molecule has 0 spiro atoms. The highest BCUT2D eigenvalue weighted by molar-refractivity contribution is 7.09. The zero-order valence-electron chi connectivity index (χ0n) is 6.67. The molecule has 0 N–H and O–H groups in total. The van der Waals surface area contributed by atoms with Crippen molar-refractivity contribution >= 4 is 46.3 Å². The monoisotopic (exact) mass is 264 g/mol. The fourth-order valence-corrected chi connectivity index (χ4v) is 2.27. The van der Waals surface area contributed by atoms with Gasteiger partial charge in [-0.1, -0.05) is 35.3 Å². The molecule has 1 aromatic carbocycles. The van der Waals surface area contributed by atoms with Crippen LogP contribution in [0, 0.1) is 0 Å². The molecule has 1 heterocycles. The molecule has 0 saturated heterocycles. The second-order valence-corrected chi connectivity index (χ2v) is 4.35. The molecule has 0 aliphatic rings. The number of aromatic nitrogens is 2. The average Bonchev–Trinajstić information content (AvgIpc) is 2.57. The summed E-state index contributed by atoms with van der Waals surface area (Å²) >= 11 is 18.7. The van der Waals surface area contributed by atoms with Crippen LogP contribution in [0.25, 0.3) is 10.6 Å². The molecular weight excluding hydrogens is 263 g/mol. The third-order valence-corrected chi connectivity index (χ3v) is 3.42. The number of hydrogen-bond donors (Lipinski definition) is 0. The number of benzene rings is 1. The maximum Gasteiger partial charge on any atom is 0.234 e. The van der Waals surface area contributed by atoms with Crippen LogP contribution in [0.4, 0.5) is 0 Å². The number of rotatable bonds is 1. The van der Waals surface area contributed by atoms with E-state index >= 15 is 0 Å². The molecular formula is C8H3Cl3N2S. The van der Waals surface area contributed by atoms with Crippen LogP contribution in [0.3, 0.4) is 0 Å². The highest BCUT2D eigenvalue weighted by Gasteiger charge is 2.10. The molecule has 72 valence electrons. The van der Waals surface area contributed by atoms with Crippen LogP contribution in [0.5, 0.6) is 0 Å². The van der Waals surface area contributed by atoms with Crippen molar-refractivity contribution in [1.29, 1.82) is 0 Å². The first kappa shape index (κ1) is 10.2. The Kier molecular flexibility index (Phi) is 2.93. The maximum atomic E-state index is 6.00. The molecule has 2 rings (SSSR count).